The predicted octanol–water partition coefficient (Wildman–Crippen LogP) is 6.01. The number of fused-ring (bicyclic) bond motifs is 1. The van der Waals surface area contributed by atoms with Crippen LogP contribution in [0.4, 0.5) is 23.2 Å². The van der Waals surface area contributed by atoms with Gasteiger partial charge in [0, 0.05) is 55.9 Å². The molecule has 1 aliphatic rings. The molecule has 2 heterocycles. The van der Waals surface area contributed by atoms with Gasteiger partial charge in [0.05, 0.1) is 12.1 Å². The molecule has 0 radical (unpaired) electrons. The van der Waals surface area contributed by atoms with E-state index < -0.39 is 51.8 Å². The van der Waals surface area contributed by atoms with Gasteiger partial charge in [0.25, 0.3) is 11.5 Å². The molecule has 1 aliphatic heterocycles. The summed E-state index contributed by atoms with van der Waals surface area (Å²) in [4.78, 5) is 43.1. The second kappa shape index (κ2) is 13.6. The Morgan fingerprint density at radius 2 is 1.52 bits per heavy atom. The Bertz CT molecular complexity index is 2130. The highest BCUT2D eigenvalue weighted by Crippen LogP contribution is 2.28. The lowest BCUT2D eigenvalue weighted by atomic mass is 10.0. The van der Waals surface area contributed by atoms with E-state index in [4.69, 9.17) is 0 Å². The van der Waals surface area contributed by atoms with Crippen molar-refractivity contribution in [1.82, 2.24) is 9.47 Å². The maximum absolute atomic E-state index is 14.5. The first-order valence-electron chi connectivity index (χ1n) is 15.2. The Kier molecular flexibility index (Phi) is 9.11. The minimum absolute atomic E-state index is 0.168. The third kappa shape index (κ3) is 6.71. The summed E-state index contributed by atoms with van der Waals surface area (Å²) < 4.78 is 57.0. The fourth-order valence-electron chi connectivity index (χ4n) is 5.90. The first kappa shape index (κ1) is 32.2. The highest BCUT2D eigenvalue weighted by molar-refractivity contribution is 6.41. The van der Waals surface area contributed by atoms with Crippen molar-refractivity contribution in [1.29, 1.82) is 0 Å². The normalized spacial score (nSPS) is 13.6. The second-order valence-electron chi connectivity index (χ2n) is 11.5. The number of benzene rings is 4. The molecule has 0 aliphatic carbocycles. The number of anilines is 1. The van der Waals surface area contributed by atoms with Gasteiger partial charge in [-0.1, -0.05) is 54.6 Å². The minimum Gasteiger partial charge on any atom is -0.507 e. The predicted molar refractivity (Wildman–Crippen MR) is 174 cm³/mol. The topological polar surface area (TPSA) is 82.8 Å². The molecule has 6 rings (SSSR count). The van der Waals surface area contributed by atoms with Gasteiger partial charge in [-0.3, -0.25) is 14.4 Å². The third-order valence-electron chi connectivity index (χ3n) is 8.32. The van der Waals surface area contributed by atoms with Crippen LogP contribution in [0.3, 0.4) is 0 Å². The van der Waals surface area contributed by atoms with Gasteiger partial charge in [-0.15, -0.1) is 0 Å². The Morgan fingerprint density at radius 3 is 2.29 bits per heavy atom. The van der Waals surface area contributed by atoms with E-state index in [1.165, 1.54) is 35.4 Å². The van der Waals surface area contributed by atoms with Gasteiger partial charge in [-0.2, -0.15) is 0 Å². The van der Waals surface area contributed by atoms with Crippen molar-refractivity contribution in [2.45, 2.75) is 13.0 Å². The minimum atomic E-state index is -1.66. The fraction of sp³-hybridized carbons (Fsp3) is 0.162. The van der Waals surface area contributed by atoms with Crippen molar-refractivity contribution >= 4 is 33.9 Å². The lowest BCUT2D eigenvalue weighted by Crippen LogP contribution is -2.50. The van der Waals surface area contributed by atoms with Gasteiger partial charge in [0.15, 0.2) is 17.5 Å². The number of pyridine rings is 1. The van der Waals surface area contributed by atoms with E-state index in [9.17, 15) is 37.1 Å². The van der Waals surface area contributed by atoms with Crippen LogP contribution in [0.15, 0.2) is 102 Å². The number of ketones is 1. The van der Waals surface area contributed by atoms with Crippen LogP contribution in [0.1, 0.15) is 22.3 Å². The van der Waals surface area contributed by atoms with Crippen molar-refractivity contribution in [3.8, 4) is 0 Å². The first-order chi connectivity index (χ1) is 23.1. The molecule has 7 nitrogen and oxygen atoms in total. The maximum atomic E-state index is 14.5. The molecule has 5 aromatic rings. The van der Waals surface area contributed by atoms with Crippen LogP contribution in [0.5, 0.6) is 0 Å². The van der Waals surface area contributed by atoms with Crippen molar-refractivity contribution in [2.24, 2.45) is 0 Å². The van der Waals surface area contributed by atoms with Crippen molar-refractivity contribution < 1.29 is 32.3 Å². The van der Waals surface area contributed by atoms with Crippen LogP contribution in [0.2, 0.25) is 0 Å². The fourth-order valence-corrected chi connectivity index (χ4v) is 5.90. The van der Waals surface area contributed by atoms with E-state index in [1.807, 2.05) is 42.5 Å². The third-order valence-corrected chi connectivity index (χ3v) is 8.32. The number of aliphatic hydroxyl groups excluding tert-OH is 1. The number of rotatable bonds is 8. The standard InChI is InChI=1S/C37H29F4N3O4/c38-27-8-3-5-23(18-27)21-44-22-24(17-26-11-12-30(39)35(41)34(26)40)19-29(36(44)47)32(45)20-33(46)37(48)43-15-13-42(14-16-43)31-10-4-7-25-6-1-2-9-28(25)31/h1-12,18-20,22,45H,13-17,21H2. The number of halogens is 4. The Morgan fingerprint density at radius 1 is 0.792 bits per heavy atom. The zero-order valence-electron chi connectivity index (χ0n) is 25.5. The van der Waals surface area contributed by atoms with Crippen molar-refractivity contribution in [2.75, 3.05) is 31.1 Å². The zero-order chi connectivity index (χ0) is 33.9. The number of carbonyl (C=O) groups is 2. The summed E-state index contributed by atoms with van der Waals surface area (Å²) in [5, 5.41) is 13.1. The molecule has 1 fully saturated rings. The van der Waals surface area contributed by atoms with Gasteiger partial charge in [-0.25, -0.2) is 17.6 Å². The Labute approximate surface area is 272 Å². The number of carbonyl (C=O) groups excluding carboxylic acids is 2. The zero-order valence-corrected chi connectivity index (χ0v) is 25.5. The molecule has 48 heavy (non-hydrogen) atoms. The van der Waals surface area contributed by atoms with E-state index in [2.05, 4.69) is 4.90 Å². The molecule has 0 saturated carbocycles. The summed E-state index contributed by atoms with van der Waals surface area (Å²) in [6.45, 7) is 1.27. The lowest BCUT2D eigenvalue weighted by Gasteiger charge is -2.36. The number of hydrogen-bond acceptors (Lipinski definition) is 5. The van der Waals surface area contributed by atoms with E-state index in [0.717, 1.165) is 33.2 Å². The largest absolute Gasteiger partial charge is 0.507 e. The van der Waals surface area contributed by atoms with Crippen LogP contribution in [0, 0.1) is 23.3 Å². The van der Waals surface area contributed by atoms with Gasteiger partial charge >= 0.3 is 0 Å². The van der Waals surface area contributed by atoms with Crippen molar-refractivity contribution in [3.05, 3.63) is 153 Å². The van der Waals surface area contributed by atoms with Gasteiger partial charge in [0.1, 0.15) is 11.6 Å². The van der Waals surface area contributed by atoms with E-state index >= 15 is 0 Å². The van der Waals surface area contributed by atoms with Crippen LogP contribution in [-0.4, -0.2) is 52.4 Å². The van der Waals surface area contributed by atoms with E-state index in [-0.39, 0.29) is 37.2 Å². The highest BCUT2D eigenvalue weighted by Gasteiger charge is 2.27. The molecule has 11 heteroatoms. The number of piperazine rings is 1. The molecule has 1 N–H and O–H groups in total. The summed E-state index contributed by atoms with van der Waals surface area (Å²) in [7, 11) is 0. The molecule has 0 spiro atoms. The summed E-state index contributed by atoms with van der Waals surface area (Å²) in [5.74, 6) is -7.73. The maximum Gasteiger partial charge on any atom is 0.294 e. The van der Waals surface area contributed by atoms with Crippen LogP contribution in [-0.2, 0) is 22.6 Å². The second-order valence-corrected chi connectivity index (χ2v) is 11.5. The van der Waals surface area contributed by atoms with Crippen LogP contribution < -0.4 is 10.5 Å². The highest BCUT2D eigenvalue weighted by atomic mass is 19.2. The van der Waals surface area contributed by atoms with Gasteiger partial charge in [0.2, 0.25) is 5.78 Å². The molecule has 244 valence electrons. The monoisotopic (exact) mass is 655 g/mol. The van der Waals surface area contributed by atoms with Gasteiger partial charge in [-0.05, 0) is 52.4 Å². The van der Waals surface area contributed by atoms with E-state index in [1.54, 1.807) is 6.07 Å². The van der Waals surface area contributed by atoms with Crippen molar-refractivity contribution in [3.63, 3.8) is 0 Å². The SMILES string of the molecule is O=C(C=C(O)c1cc(Cc2ccc(F)c(F)c2F)cn(Cc2cccc(F)c2)c1=O)C(=O)N1CCN(c2cccc3ccccc23)CC1. The Hall–Kier alpha value is -5.71. The summed E-state index contributed by atoms with van der Waals surface area (Å²) in [5.41, 5.74) is 0.181. The average molecular weight is 656 g/mol. The molecule has 0 atom stereocenters. The number of hydrogen-bond donors (Lipinski definition) is 1. The summed E-state index contributed by atoms with van der Waals surface area (Å²) in [6.07, 6.45) is 1.65. The molecular weight excluding hydrogens is 626 g/mol. The summed E-state index contributed by atoms with van der Waals surface area (Å²) >= 11 is 0. The quantitative estimate of drug-likeness (QED) is 0.0728. The molecule has 1 amide bonds. The number of aromatic nitrogens is 1. The average Bonchev–Trinajstić information content (AvgIpc) is 3.09. The lowest BCUT2D eigenvalue weighted by molar-refractivity contribution is -0.142. The van der Waals surface area contributed by atoms with Crippen LogP contribution >= 0.6 is 0 Å². The smallest absolute Gasteiger partial charge is 0.294 e. The Balaban J connectivity index is 1.24. The molecule has 1 saturated heterocycles. The molecular formula is C37H29F4N3O4. The first-order valence-corrected chi connectivity index (χ1v) is 15.2. The summed E-state index contributed by atoms with van der Waals surface area (Å²) in [6, 6.07) is 22.4. The molecule has 0 bridgehead atoms. The number of amides is 1. The number of nitrogens with zero attached hydrogens (tertiary/aromatic N) is 3. The number of aliphatic hydroxyl groups is 1. The molecule has 4 aromatic carbocycles. The van der Waals surface area contributed by atoms with Crippen LogP contribution in [0.25, 0.3) is 16.5 Å². The van der Waals surface area contributed by atoms with E-state index in [0.29, 0.717) is 24.7 Å². The van der Waals surface area contributed by atoms with Gasteiger partial charge < -0.3 is 19.5 Å². The molecule has 0 unspecified atom stereocenters. The molecule has 1 aromatic heterocycles.